The number of anilines is 1. The van der Waals surface area contributed by atoms with Gasteiger partial charge in [-0.3, -0.25) is 4.79 Å². The Labute approximate surface area is 188 Å². The third kappa shape index (κ3) is 6.75. The largest absolute Gasteiger partial charge is 0.491 e. The third-order valence-corrected chi connectivity index (χ3v) is 4.51. The van der Waals surface area contributed by atoms with Gasteiger partial charge in [-0.05, 0) is 62.2 Å². The molecule has 162 valence electrons. The lowest BCUT2D eigenvalue weighted by atomic mass is 10.1. The molecule has 3 aromatic rings. The molecule has 5 heteroatoms. The summed E-state index contributed by atoms with van der Waals surface area (Å²) in [5, 5.41) is 12.2. The van der Waals surface area contributed by atoms with Crippen LogP contribution in [0.1, 0.15) is 30.5 Å². The second-order valence-corrected chi connectivity index (χ2v) is 7.67. The van der Waals surface area contributed by atoms with Crippen LogP contribution in [0.4, 0.5) is 5.69 Å². The van der Waals surface area contributed by atoms with E-state index < -0.39 is 5.91 Å². The van der Waals surface area contributed by atoms with E-state index in [1.165, 1.54) is 5.56 Å². The first-order valence-corrected chi connectivity index (χ1v) is 10.4. The summed E-state index contributed by atoms with van der Waals surface area (Å²) in [5.41, 5.74) is 3.59. The zero-order valence-electron chi connectivity index (χ0n) is 18.5. The van der Waals surface area contributed by atoms with Crippen LogP contribution in [0.15, 0.2) is 78.4 Å². The van der Waals surface area contributed by atoms with Gasteiger partial charge in [-0.15, -0.1) is 0 Å². The topological polar surface area (TPSA) is 71.3 Å². The number of nitriles is 1. The van der Waals surface area contributed by atoms with Crippen LogP contribution in [0.25, 0.3) is 6.08 Å². The van der Waals surface area contributed by atoms with Crippen molar-refractivity contribution in [3.63, 3.8) is 0 Å². The summed E-state index contributed by atoms with van der Waals surface area (Å²) in [6.45, 7) is 6.38. The average Bonchev–Trinajstić information content (AvgIpc) is 2.76. The Morgan fingerprint density at radius 2 is 1.78 bits per heavy atom. The van der Waals surface area contributed by atoms with Crippen LogP contribution >= 0.6 is 0 Å². The fraction of sp³-hybridized carbons (Fsp3) is 0.185. The van der Waals surface area contributed by atoms with Crippen molar-refractivity contribution in [2.75, 3.05) is 5.32 Å². The van der Waals surface area contributed by atoms with Crippen LogP contribution in [-0.2, 0) is 11.4 Å². The first-order valence-electron chi connectivity index (χ1n) is 10.4. The highest BCUT2D eigenvalue weighted by molar-refractivity contribution is 6.09. The molecule has 3 rings (SSSR count). The molecule has 0 spiro atoms. The number of carbonyl (C=O) groups is 1. The van der Waals surface area contributed by atoms with Gasteiger partial charge in [-0.2, -0.15) is 5.26 Å². The molecular weight excluding hydrogens is 400 g/mol. The molecule has 0 saturated carbocycles. The Morgan fingerprint density at radius 1 is 1.03 bits per heavy atom. The van der Waals surface area contributed by atoms with Gasteiger partial charge in [0.25, 0.3) is 5.91 Å². The quantitative estimate of drug-likeness (QED) is 0.359. The molecule has 0 radical (unpaired) electrons. The van der Waals surface area contributed by atoms with Gasteiger partial charge in [0.15, 0.2) is 0 Å². The minimum Gasteiger partial charge on any atom is -0.491 e. The molecule has 1 N–H and O–H groups in total. The smallest absolute Gasteiger partial charge is 0.266 e. The molecule has 32 heavy (non-hydrogen) atoms. The van der Waals surface area contributed by atoms with E-state index in [1.54, 1.807) is 24.3 Å². The summed E-state index contributed by atoms with van der Waals surface area (Å²) in [5.74, 6) is 0.893. The molecule has 1 amide bonds. The minimum atomic E-state index is -0.478. The monoisotopic (exact) mass is 426 g/mol. The highest BCUT2D eigenvalue weighted by atomic mass is 16.5. The van der Waals surface area contributed by atoms with E-state index >= 15 is 0 Å². The molecule has 0 fully saturated rings. The van der Waals surface area contributed by atoms with Crippen molar-refractivity contribution >= 4 is 17.7 Å². The molecule has 0 bridgehead atoms. The lowest BCUT2D eigenvalue weighted by Crippen LogP contribution is -2.13. The summed E-state index contributed by atoms with van der Waals surface area (Å²) < 4.78 is 11.5. The van der Waals surface area contributed by atoms with Crippen LogP contribution in [0.5, 0.6) is 11.5 Å². The molecule has 5 nitrogen and oxygen atoms in total. The van der Waals surface area contributed by atoms with Gasteiger partial charge in [0.2, 0.25) is 0 Å². The van der Waals surface area contributed by atoms with Gasteiger partial charge in [0.1, 0.15) is 29.7 Å². The summed E-state index contributed by atoms with van der Waals surface area (Å²) in [4.78, 5) is 12.6. The fourth-order valence-electron chi connectivity index (χ4n) is 3.06. The second kappa shape index (κ2) is 10.8. The van der Waals surface area contributed by atoms with Crippen molar-refractivity contribution in [1.82, 2.24) is 0 Å². The SMILES string of the molecule is Cc1cccc(COc2ccc(/C=C(/C#N)C(=O)Nc3cccc(OC(C)C)c3)cc2)c1. The molecule has 0 saturated heterocycles. The van der Waals surface area contributed by atoms with E-state index in [0.717, 1.165) is 11.1 Å². The van der Waals surface area contributed by atoms with E-state index in [4.69, 9.17) is 9.47 Å². The molecule has 0 atom stereocenters. The van der Waals surface area contributed by atoms with Crippen molar-refractivity contribution in [2.24, 2.45) is 0 Å². The molecule has 3 aromatic carbocycles. The van der Waals surface area contributed by atoms with Gasteiger partial charge < -0.3 is 14.8 Å². The molecule has 0 aliphatic carbocycles. The van der Waals surface area contributed by atoms with E-state index in [2.05, 4.69) is 11.4 Å². The normalized spacial score (nSPS) is 11.0. The molecule has 0 aliphatic rings. The number of hydrogen-bond donors (Lipinski definition) is 1. The Bertz CT molecular complexity index is 1140. The first kappa shape index (κ1) is 22.6. The molecule has 0 heterocycles. The lowest BCUT2D eigenvalue weighted by molar-refractivity contribution is -0.112. The molecular formula is C27H26N2O3. The summed E-state index contributed by atoms with van der Waals surface area (Å²) in [6.07, 6.45) is 1.58. The maximum atomic E-state index is 12.6. The van der Waals surface area contributed by atoms with Crippen LogP contribution in [0, 0.1) is 18.3 Å². The number of ether oxygens (including phenoxy) is 2. The van der Waals surface area contributed by atoms with Crippen LogP contribution in [-0.4, -0.2) is 12.0 Å². The van der Waals surface area contributed by atoms with Crippen LogP contribution in [0.3, 0.4) is 0 Å². The van der Waals surface area contributed by atoms with E-state index in [9.17, 15) is 10.1 Å². The third-order valence-electron chi connectivity index (χ3n) is 4.51. The van der Waals surface area contributed by atoms with E-state index in [0.29, 0.717) is 23.8 Å². The molecule has 0 unspecified atom stereocenters. The van der Waals surface area contributed by atoms with Crippen LogP contribution in [0.2, 0.25) is 0 Å². The predicted molar refractivity (Wildman–Crippen MR) is 126 cm³/mol. The number of carbonyl (C=O) groups excluding carboxylic acids is 1. The standard InChI is InChI=1S/C27H26N2O3/c1-19(2)32-26-9-5-8-24(16-26)29-27(30)23(17-28)15-21-10-12-25(13-11-21)31-18-22-7-4-6-20(3)14-22/h4-16,19H,18H2,1-3H3,(H,29,30)/b23-15-. The number of rotatable bonds is 8. The summed E-state index contributed by atoms with van der Waals surface area (Å²) in [6, 6.07) is 24.5. The Kier molecular flexibility index (Phi) is 7.66. The molecule has 0 aromatic heterocycles. The maximum absolute atomic E-state index is 12.6. The minimum absolute atomic E-state index is 0.00797. The number of nitrogens with one attached hydrogen (secondary N) is 1. The van der Waals surface area contributed by atoms with Gasteiger partial charge in [0.05, 0.1) is 6.10 Å². The number of nitrogens with zero attached hydrogens (tertiary/aromatic N) is 1. The van der Waals surface area contributed by atoms with Crippen molar-refractivity contribution in [3.8, 4) is 17.6 Å². The first-order chi connectivity index (χ1) is 15.4. The number of hydrogen-bond acceptors (Lipinski definition) is 4. The van der Waals surface area contributed by atoms with Gasteiger partial charge in [-0.1, -0.05) is 48.0 Å². The zero-order valence-corrected chi connectivity index (χ0v) is 18.5. The predicted octanol–water partition coefficient (Wildman–Crippen LogP) is 5.91. The van der Waals surface area contributed by atoms with Crippen molar-refractivity contribution in [2.45, 2.75) is 33.5 Å². The Balaban J connectivity index is 1.64. The van der Waals surface area contributed by atoms with Gasteiger partial charge in [0, 0.05) is 11.8 Å². The van der Waals surface area contributed by atoms with E-state index in [1.807, 2.05) is 75.4 Å². The van der Waals surface area contributed by atoms with Crippen LogP contribution < -0.4 is 14.8 Å². The zero-order chi connectivity index (χ0) is 22.9. The second-order valence-electron chi connectivity index (χ2n) is 7.67. The summed E-state index contributed by atoms with van der Waals surface area (Å²) >= 11 is 0. The molecule has 0 aliphatic heterocycles. The average molecular weight is 427 g/mol. The van der Waals surface area contributed by atoms with Crippen molar-refractivity contribution < 1.29 is 14.3 Å². The number of amides is 1. The lowest BCUT2D eigenvalue weighted by Gasteiger charge is -2.11. The number of benzene rings is 3. The summed E-state index contributed by atoms with van der Waals surface area (Å²) in [7, 11) is 0. The highest BCUT2D eigenvalue weighted by Crippen LogP contribution is 2.20. The van der Waals surface area contributed by atoms with E-state index in [-0.39, 0.29) is 11.7 Å². The Hall–Kier alpha value is -4.04. The number of aryl methyl sites for hydroxylation is 1. The Morgan fingerprint density at radius 3 is 2.47 bits per heavy atom. The fourth-order valence-corrected chi connectivity index (χ4v) is 3.06. The highest BCUT2D eigenvalue weighted by Gasteiger charge is 2.10. The van der Waals surface area contributed by atoms with Gasteiger partial charge in [-0.25, -0.2) is 0 Å². The van der Waals surface area contributed by atoms with Crippen molar-refractivity contribution in [3.05, 3.63) is 95.1 Å². The van der Waals surface area contributed by atoms with Gasteiger partial charge >= 0.3 is 0 Å². The van der Waals surface area contributed by atoms with Crippen molar-refractivity contribution in [1.29, 1.82) is 5.26 Å². The maximum Gasteiger partial charge on any atom is 0.266 e.